The Morgan fingerprint density at radius 3 is 2.20 bits per heavy atom. The fourth-order valence-corrected chi connectivity index (χ4v) is 5.10. The molecule has 0 radical (unpaired) electrons. The van der Waals surface area contributed by atoms with Gasteiger partial charge < -0.3 is 19.5 Å². The molecule has 3 aliphatic rings. The average molecular weight is 473 g/mol. The van der Waals surface area contributed by atoms with E-state index in [1.807, 2.05) is 72.9 Å². The molecule has 6 rings (SSSR count). The number of carbonyl (C=O) groups excluding carboxylic acids is 1. The van der Waals surface area contributed by atoms with Gasteiger partial charge in [0.05, 0.1) is 12.2 Å². The predicted octanol–water partition coefficient (Wildman–Crippen LogP) is 5.61. The Balaban J connectivity index is 0.000000143. The zero-order chi connectivity index (χ0) is 24.3. The number of nitrogens with zero attached hydrogens (tertiary/aromatic N) is 2. The van der Waals surface area contributed by atoms with Gasteiger partial charge in [0.2, 0.25) is 0 Å². The van der Waals surface area contributed by atoms with E-state index in [0.29, 0.717) is 12.4 Å². The van der Waals surface area contributed by atoms with Crippen molar-refractivity contribution in [2.45, 2.75) is 50.5 Å². The number of aromatic hydroxyl groups is 1. The first kappa shape index (κ1) is 24.9. The van der Waals surface area contributed by atoms with Gasteiger partial charge in [0, 0.05) is 25.2 Å². The summed E-state index contributed by atoms with van der Waals surface area (Å²) in [4.78, 5) is 17.5. The van der Waals surface area contributed by atoms with Crippen molar-refractivity contribution in [2.75, 3.05) is 24.6 Å². The van der Waals surface area contributed by atoms with Crippen LogP contribution < -0.4 is 4.90 Å². The van der Waals surface area contributed by atoms with Crippen LogP contribution in [0.15, 0.2) is 79.0 Å². The van der Waals surface area contributed by atoms with Gasteiger partial charge in [-0.15, -0.1) is 0 Å². The number of pyridine rings is 1. The first-order valence-electron chi connectivity index (χ1n) is 12.7. The number of anilines is 1. The number of aldehydes is 1. The van der Waals surface area contributed by atoms with Gasteiger partial charge in [-0.05, 0) is 80.3 Å². The first-order chi connectivity index (χ1) is 17.2. The van der Waals surface area contributed by atoms with E-state index in [2.05, 4.69) is 9.88 Å². The molecule has 1 aliphatic carbocycles. The minimum Gasteiger partial charge on any atom is -0.508 e. The molecule has 1 atom stereocenters. The lowest BCUT2D eigenvalue weighted by molar-refractivity contribution is -0.111. The third-order valence-corrected chi connectivity index (χ3v) is 7.08. The number of benzene rings is 2. The molecule has 2 aromatic carbocycles. The normalized spacial score (nSPS) is 20.0. The average Bonchev–Trinajstić information content (AvgIpc) is 3.34. The summed E-state index contributed by atoms with van der Waals surface area (Å²) in [5, 5.41) is 9.19. The molecule has 3 aromatic rings. The number of phenolic OH excluding ortho intramolecular Hbond substituents is 1. The van der Waals surface area contributed by atoms with Crippen LogP contribution in [0.25, 0.3) is 0 Å². The maximum absolute atomic E-state index is 10.8. The molecular weight excluding hydrogens is 436 g/mol. The van der Waals surface area contributed by atoms with Crippen molar-refractivity contribution in [2.24, 2.45) is 5.92 Å². The Bertz CT molecular complexity index is 1010. The molecule has 1 aromatic heterocycles. The lowest BCUT2D eigenvalue weighted by Crippen LogP contribution is -2.44. The number of aromatic nitrogens is 1. The number of hydrogen-bond donors (Lipinski definition) is 1. The molecule has 0 amide bonds. The maximum atomic E-state index is 10.8. The van der Waals surface area contributed by atoms with Crippen LogP contribution in [0.4, 0.5) is 5.82 Å². The second-order valence-corrected chi connectivity index (χ2v) is 9.58. The van der Waals surface area contributed by atoms with E-state index in [1.54, 1.807) is 6.07 Å². The molecule has 35 heavy (non-hydrogen) atoms. The van der Waals surface area contributed by atoms with Crippen molar-refractivity contribution < 1.29 is 14.6 Å². The lowest BCUT2D eigenvalue weighted by atomic mass is 9.86. The maximum Gasteiger partial charge on any atom is 0.128 e. The van der Waals surface area contributed by atoms with Crippen LogP contribution in [0.2, 0.25) is 0 Å². The van der Waals surface area contributed by atoms with E-state index in [0.717, 1.165) is 50.9 Å². The Morgan fingerprint density at radius 2 is 1.60 bits per heavy atom. The monoisotopic (exact) mass is 472 g/mol. The largest absolute Gasteiger partial charge is 0.508 e. The topological polar surface area (TPSA) is 62.7 Å². The summed E-state index contributed by atoms with van der Waals surface area (Å²) in [6, 6.07) is 23.7. The second-order valence-electron chi connectivity index (χ2n) is 9.58. The van der Waals surface area contributed by atoms with Gasteiger partial charge in [-0.2, -0.15) is 0 Å². The fraction of sp³-hybridized carbons (Fsp3) is 0.400. The summed E-state index contributed by atoms with van der Waals surface area (Å²) in [5.74, 6) is 1.55. The van der Waals surface area contributed by atoms with Crippen LogP contribution >= 0.6 is 0 Å². The van der Waals surface area contributed by atoms with Gasteiger partial charge in [0.15, 0.2) is 0 Å². The standard InChI is InChI=1S/C14H18N2O2.C10H12O.C6H6/c17-10-12-9-14(18-11-12)4-7-16(8-5-14)13-3-1-2-6-15-13;11-10-6-5-8-3-1-2-4-9(8)7-10;1-2-4-6-5-3-1/h1-3,6,10,12H,4-5,7-9,11H2;5-7,11H,1-4H2;1-6H. The van der Waals surface area contributed by atoms with E-state index in [4.69, 9.17) is 4.74 Å². The third-order valence-electron chi connectivity index (χ3n) is 7.08. The molecule has 1 spiro atoms. The van der Waals surface area contributed by atoms with Crippen LogP contribution in [0, 0.1) is 5.92 Å². The summed E-state index contributed by atoms with van der Waals surface area (Å²) in [6.45, 7) is 2.53. The van der Waals surface area contributed by atoms with Crippen LogP contribution in [0.3, 0.4) is 0 Å². The Labute approximate surface area is 208 Å². The second kappa shape index (κ2) is 12.5. The predicted molar refractivity (Wildman–Crippen MR) is 140 cm³/mol. The SMILES string of the molecule is O=CC1COC2(CCN(c3ccccn3)CC2)C1.Oc1ccc2c(c1)CCCC2.c1ccccc1. The van der Waals surface area contributed by atoms with Gasteiger partial charge in [0.1, 0.15) is 17.9 Å². The molecule has 5 nitrogen and oxygen atoms in total. The van der Waals surface area contributed by atoms with Gasteiger partial charge in [-0.3, -0.25) is 0 Å². The van der Waals surface area contributed by atoms with Gasteiger partial charge in [-0.1, -0.05) is 48.5 Å². The molecule has 184 valence electrons. The van der Waals surface area contributed by atoms with E-state index in [9.17, 15) is 9.90 Å². The molecule has 5 heteroatoms. The number of piperidine rings is 1. The molecule has 1 unspecified atom stereocenters. The Morgan fingerprint density at radius 1 is 0.914 bits per heavy atom. The molecule has 2 fully saturated rings. The van der Waals surface area contributed by atoms with Crippen molar-refractivity contribution in [3.05, 3.63) is 90.1 Å². The van der Waals surface area contributed by atoms with Crippen molar-refractivity contribution in [1.82, 2.24) is 4.98 Å². The highest BCUT2D eigenvalue weighted by molar-refractivity contribution is 5.54. The van der Waals surface area contributed by atoms with Crippen LogP contribution in [-0.4, -0.2) is 41.7 Å². The minimum absolute atomic E-state index is 0.0448. The zero-order valence-electron chi connectivity index (χ0n) is 20.4. The van der Waals surface area contributed by atoms with Crippen molar-refractivity contribution in [3.8, 4) is 5.75 Å². The summed E-state index contributed by atoms with van der Waals surface area (Å²) in [6.07, 6.45) is 10.7. The number of ether oxygens (including phenoxy) is 1. The van der Waals surface area contributed by atoms with E-state index in [1.165, 1.54) is 30.4 Å². The Hall–Kier alpha value is -3.18. The van der Waals surface area contributed by atoms with Crippen molar-refractivity contribution in [3.63, 3.8) is 0 Å². The highest BCUT2D eigenvalue weighted by Gasteiger charge is 2.42. The smallest absolute Gasteiger partial charge is 0.128 e. The molecule has 2 aliphatic heterocycles. The van der Waals surface area contributed by atoms with Gasteiger partial charge >= 0.3 is 0 Å². The quantitative estimate of drug-likeness (QED) is 0.491. The molecule has 0 bridgehead atoms. The highest BCUT2D eigenvalue weighted by atomic mass is 16.5. The van der Waals surface area contributed by atoms with Gasteiger partial charge in [0.25, 0.3) is 0 Å². The van der Waals surface area contributed by atoms with E-state index in [-0.39, 0.29) is 11.5 Å². The van der Waals surface area contributed by atoms with Gasteiger partial charge in [-0.25, -0.2) is 4.98 Å². The van der Waals surface area contributed by atoms with E-state index >= 15 is 0 Å². The van der Waals surface area contributed by atoms with Crippen molar-refractivity contribution >= 4 is 12.1 Å². The third kappa shape index (κ3) is 7.15. The number of fused-ring (bicyclic) bond motifs is 1. The molecule has 2 saturated heterocycles. The number of hydrogen-bond acceptors (Lipinski definition) is 5. The number of carbonyl (C=O) groups is 1. The molecular formula is C30H36N2O3. The molecule has 0 saturated carbocycles. The lowest BCUT2D eigenvalue weighted by Gasteiger charge is -2.39. The number of phenols is 1. The Kier molecular flexibility index (Phi) is 8.90. The minimum atomic E-state index is -0.0448. The highest BCUT2D eigenvalue weighted by Crippen LogP contribution is 2.38. The van der Waals surface area contributed by atoms with Crippen LogP contribution in [0.5, 0.6) is 5.75 Å². The van der Waals surface area contributed by atoms with Crippen LogP contribution in [0.1, 0.15) is 43.2 Å². The summed E-state index contributed by atoms with van der Waals surface area (Å²) < 4.78 is 5.89. The zero-order valence-corrected chi connectivity index (χ0v) is 20.4. The number of aryl methyl sites for hydroxylation is 2. The van der Waals surface area contributed by atoms with E-state index < -0.39 is 0 Å². The summed E-state index contributed by atoms with van der Waals surface area (Å²) in [5.41, 5.74) is 2.72. The van der Waals surface area contributed by atoms with Crippen molar-refractivity contribution in [1.29, 1.82) is 0 Å². The molecule has 3 heterocycles. The van der Waals surface area contributed by atoms with Crippen LogP contribution in [-0.2, 0) is 22.4 Å². The summed E-state index contributed by atoms with van der Waals surface area (Å²) in [7, 11) is 0. The number of rotatable bonds is 2. The summed E-state index contributed by atoms with van der Waals surface area (Å²) >= 11 is 0. The first-order valence-corrected chi connectivity index (χ1v) is 12.7. The fourth-order valence-electron chi connectivity index (χ4n) is 5.10. The molecule has 1 N–H and O–H groups in total.